The van der Waals surface area contributed by atoms with Crippen molar-refractivity contribution in [2.75, 3.05) is 5.32 Å². The van der Waals surface area contributed by atoms with E-state index in [1.165, 1.54) is 0 Å². The summed E-state index contributed by atoms with van der Waals surface area (Å²) in [6, 6.07) is 7.22. The van der Waals surface area contributed by atoms with Gasteiger partial charge in [-0.2, -0.15) is 0 Å². The van der Waals surface area contributed by atoms with Gasteiger partial charge < -0.3 is 10.5 Å². The minimum Gasteiger partial charge on any atom is -0.446 e. The molecular formula is C13H17ClN2O2. The molecule has 2 rings (SSSR count). The van der Waals surface area contributed by atoms with Gasteiger partial charge in [0.05, 0.1) is 0 Å². The average Bonchev–Trinajstić information content (AvgIpc) is 2.32. The minimum atomic E-state index is -0.433. The van der Waals surface area contributed by atoms with Gasteiger partial charge >= 0.3 is 6.09 Å². The van der Waals surface area contributed by atoms with E-state index in [1.807, 2.05) is 0 Å². The molecule has 1 aromatic rings. The number of ether oxygens (including phenoxy) is 1. The Morgan fingerprint density at radius 1 is 1.33 bits per heavy atom. The predicted octanol–water partition coefficient (Wildman–Crippen LogP) is 3.16. The molecule has 5 heteroatoms. The molecule has 0 heterocycles. The van der Waals surface area contributed by atoms with E-state index >= 15 is 0 Å². The number of anilines is 1. The van der Waals surface area contributed by atoms with Crippen molar-refractivity contribution >= 4 is 23.4 Å². The fourth-order valence-electron chi connectivity index (χ4n) is 2.07. The Kier molecular flexibility index (Phi) is 4.44. The molecule has 3 N–H and O–H groups in total. The second-order valence-electron chi connectivity index (χ2n) is 4.58. The summed E-state index contributed by atoms with van der Waals surface area (Å²) in [5.41, 5.74) is 6.44. The van der Waals surface area contributed by atoms with Crippen molar-refractivity contribution < 1.29 is 9.53 Å². The minimum absolute atomic E-state index is 0.0241. The van der Waals surface area contributed by atoms with Gasteiger partial charge in [-0.3, -0.25) is 5.32 Å². The molecule has 1 amide bonds. The molecule has 4 nitrogen and oxygen atoms in total. The van der Waals surface area contributed by atoms with Crippen LogP contribution in [0.1, 0.15) is 25.7 Å². The van der Waals surface area contributed by atoms with Crippen LogP contribution in [0.2, 0.25) is 5.02 Å². The van der Waals surface area contributed by atoms with Crippen molar-refractivity contribution in [3.8, 4) is 0 Å². The zero-order valence-corrected chi connectivity index (χ0v) is 10.8. The molecule has 1 aliphatic carbocycles. The predicted molar refractivity (Wildman–Crippen MR) is 71.8 cm³/mol. The maximum atomic E-state index is 11.7. The summed E-state index contributed by atoms with van der Waals surface area (Å²) >= 11 is 5.83. The van der Waals surface area contributed by atoms with Gasteiger partial charge in [-0.1, -0.05) is 17.7 Å². The zero-order chi connectivity index (χ0) is 13.0. The van der Waals surface area contributed by atoms with Gasteiger partial charge in [-0.15, -0.1) is 0 Å². The molecule has 1 fully saturated rings. The van der Waals surface area contributed by atoms with Gasteiger partial charge in [0, 0.05) is 16.8 Å². The van der Waals surface area contributed by atoms with Crippen LogP contribution in [0.25, 0.3) is 0 Å². The van der Waals surface area contributed by atoms with E-state index < -0.39 is 6.09 Å². The maximum absolute atomic E-state index is 11.7. The van der Waals surface area contributed by atoms with Crippen molar-refractivity contribution in [1.82, 2.24) is 0 Å². The molecule has 1 aromatic carbocycles. The van der Waals surface area contributed by atoms with Crippen molar-refractivity contribution in [1.29, 1.82) is 0 Å². The number of nitrogens with two attached hydrogens (primary N) is 1. The van der Waals surface area contributed by atoms with Crippen LogP contribution >= 0.6 is 11.6 Å². The standard InChI is InChI=1S/C13H17ClN2O2/c14-9-2-1-3-11(8-9)16-13(17)18-12-6-4-10(15)5-7-12/h1-3,8,10,12H,4-7,15H2,(H,16,17). The lowest BCUT2D eigenvalue weighted by molar-refractivity contribution is 0.0826. The van der Waals surface area contributed by atoms with Crippen molar-refractivity contribution in [3.05, 3.63) is 29.3 Å². The van der Waals surface area contributed by atoms with E-state index in [-0.39, 0.29) is 12.1 Å². The monoisotopic (exact) mass is 268 g/mol. The molecule has 98 valence electrons. The number of rotatable bonds is 2. The molecule has 1 aliphatic rings. The molecule has 0 radical (unpaired) electrons. The molecule has 0 aromatic heterocycles. The highest BCUT2D eigenvalue weighted by Gasteiger charge is 2.21. The first-order valence-electron chi connectivity index (χ1n) is 6.12. The maximum Gasteiger partial charge on any atom is 0.411 e. The Labute approximate surface area is 111 Å². The van der Waals surface area contributed by atoms with Crippen molar-refractivity contribution in [2.45, 2.75) is 37.8 Å². The summed E-state index contributed by atoms with van der Waals surface area (Å²) < 4.78 is 5.33. The summed E-state index contributed by atoms with van der Waals surface area (Å²) in [6.07, 6.45) is 3.04. The van der Waals surface area contributed by atoms with E-state index in [4.69, 9.17) is 22.1 Å². The summed E-state index contributed by atoms with van der Waals surface area (Å²) in [5, 5.41) is 3.24. The number of halogens is 1. The van der Waals surface area contributed by atoms with Crippen LogP contribution in [-0.4, -0.2) is 18.2 Å². The smallest absolute Gasteiger partial charge is 0.411 e. The lowest BCUT2D eigenvalue weighted by Crippen LogP contribution is -2.32. The van der Waals surface area contributed by atoms with E-state index in [2.05, 4.69) is 5.32 Å². The Hall–Kier alpha value is -1.26. The first kappa shape index (κ1) is 13.2. The third kappa shape index (κ3) is 3.89. The molecule has 0 unspecified atom stereocenters. The lowest BCUT2D eigenvalue weighted by Gasteiger charge is -2.25. The van der Waals surface area contributed by atoms with Crippen LogP contribution in [-0.2, 0) is 4.74 Å². The molecule has 0 bridgehead atoms. The molecule has 0 saturated heterocycles. The van der Waals surface area contributed by atoms with E-state index in [1.54, 1.807) is 24.3 Å². The number of amides is 1. The fraction of sp³-hybridized carbons (Fsp3) is 0.462. The summed E-state index contributed by atoms with van der Waals surface area (Å²) in [7, 11) is 0. The van der Waals surface area contributed by atoms with E-state index in [0.29, 0.717) is 10.7 Å². The second kappa shape index (κ2) is 6.07. The highest BCUT2D eigenvalue weighted by molar-refractivity contribution is 6.30. The van der Waals surface area contributed by atoms with Crippen LogP contribution in [0.15, 0.2) is 24.3 Å². The first-order valence-corrected chi connectivity index (χ1v) is 6.50. The molecule has 0 aliphatic heterocycles. The Bertz CT molecular complexity index is 417. The molecule has 0 atom stereocenters. The summed E-state index contributed by atoms with van der Waals surface area (Å²) in [6.45, 7) is 0. The van der Waals surface area contributed by atoms with Crippen molar-refractivity contribution in [3.63, 3.8) is 0 Å². The number of carbonyl (C=O) groups excluding carboxylic acids is 1. The van der Waals surface area contributed by atoms with Crippen molar-refractivity contribution in [2.24, 2.45) is 5.73 Å². The van der Waals surface area contributed by atoms with Crippen LogP contribution in [0, 0.1) is 0 Å². The van der Waals surface area contributed by atoms with Gasteiger partial charge in [-0.05, 0) is 43.9 Å². The van der Waals surface area contributed by atoms with E-state index in [0.717, 1.165) is 25.7 Å². The van der Waals surface area contributed by atoms with Crippen LogP contribution in [0.4, 0.5) is 10.5 Å². The number of hydrogen-bond acceptors (Lipinski definition) is 3. The van der Waals surface area contributed by atoms with Gasteiger partial charge in [0.1, 0.15) is 6.10 Å². The van der Waals surface area contributed by atoms with Gasteiger partial charge in [0.25, 0.3) is 0 Å². The molecule has 0 spiro atoms. The number of nitrogens with one attached hydrogen (secondary N) is 1. The topological polar surface area (TPSA) is 64.3 Å². The average molecular weight is 269 g/mol. The second-order valence-corrected chi connectivity index (χ2v) is 5.01. The van der Waals surface area contributed by atoms with Gasteiger partial charge in [0.15, 0.2) is 0 Å². The lowest BCUT2D eigenvalue weighted by atomic mass is 9.94. The SMILES string of the molecule is NC1CCC(OC(=O)Nc2cccc(Cl)c2)CC1. The normalized spacial score (nSPS) is 23.4. The molecule has 1 saturated carbocycles. The largest absolute Gasteiger partial charge is 0.446 e. The summed E-state index contributed by atoms with van der Waals surface area (Å²) in [4.78, 5) is 11.7. The quantitative estimate of drug-likeness (QED) is 0.866. The Morgan fingerprint density at radius 2 is 2.06 bits per heavy atom. The first-order chi connectivity index (χ1) is 8.63. The molecule has 18 heavy (non-hydrogen) atoms. The number of benzene rings is 1. The Morgan fingerprint density at radius 3 is 2.72 bits per heavy atom. The highest BCUT2D eigenvalue weighted by atomic mass is 35.5. The fourth-order valence-corrected chi connectivity index (χ4v) is 2.26. The van der Waals surface area contributed by atoms with Crippen LogP contribution < -0.4 is 11.1 Å². The summed E-state index contributed by atoms with van der Waals surface area (Å²) in [5.74, 6) is 0. The Balaban J connectivity index is 1.82. The van der Waals surface area contributed by atoms with Gasteiger partial charge in [-0.25, -0.2) is 4.79 Å². The third-order valence-corrected chi connectivity index (χ3v) is 3.30. The highest BCUT2D eigenvalue weighted by Crippen LogP contribution is 2.21. The van der Waals surface area contributed by atoms with Crippen LogP contribution in [0.3, 0.4) is 0 Å². The number of carbonyl (C=O) groups is 1. The van der Waals surface area contributed by atoms with Gasteiger partial charge in [0.2, 0.25) is 0 Å². The zero-order valence-electron chi connectivity index (χ0n) is 10.1. The third-order valence-electron chi connectivity index (χ3n) is 3.06. The van der Waals surface area contributed by atoms with Crippen LogP contribution in [0.5, 0.6) is 0 Å². The van der Waals surface area contributed by atoms with E-state index in [9.17, 15) is 4.79 Å². The number of hydrogen-bond donors (Lipinski definition) is 2. The molecular weight excluding hydrogens is 252 g/mol.